The van der Waals surface area contributed by atoms with Crippen LogP contribution in [0.3, 0.4) is 0 Å². The zero-order chi connectivity index (χ0) is 13.8. The van der Waals surface area contributed by atoms with Crippen LogP contribution < -0.4 is 5.32 Å². The van der Waals surface area contributed by atoms with Gasteiger partial charge in [0, 0.05) is 38.2 Å². The zero-order valence-corrected chi connectivity index (χ0v) is 11.0. The van der Waals surface area contributed by atoms with Gasteiger partial charge in [0.25, 0.3) is 0 Å². The molecule has 19 heavy (non-hydrogen) atoms. The van der Waals surface area contributed by atoms with Gasteiger partial charge in [-0.1, -0.05) is 0 Å². The summed E-state index contributed by atoms with van der Waals surface area (Å²) >= 11 is 0. The summed E-state index contributed by atoms with van der Waals surface area (Å²) in [4.78, 5) is 13.3. The summed E-state index contributed by atoms with van der Waals surface area (Å²) in [5.41, 5.74) is 0.692. The standard InChI is InChI=1S/C14H19FN2O2/c1-10(9-17-4-2-3-14(17)19)16-8-11-5-12(15)7-13(18)6-11/h5-7,10,16,18H,2-4,8-9H2,1H3. The van der Waals surface area contributed by atoms with Crippen molar-refractivity contribution in [3.63, 3.8) is 0 Å². The Hall–Kier alpha value is -1.62. The molecule has 0 saturated carbocycles. The fraction of sp³-hybridized carbons (Fsp3) is 0.500. The Kier molecular flexibility index (Phi) is 4.37. The van der Waals surface area contributed by atoms with Gasteiger partial charge < -0.3 is 15.3 Å². The summed E-state index contributed by atoms with van der Waals surface area (Å²) < 4.78 is 13.1. The van der Waals surface area contributed by atoms with Gasteiger partial charge in [-0.25, -0.2) is 4.39 Å². The van der Waals surface area contributed by atoms with E-state index in [4.69, 9.17) is 0 Å². The molecule has 0 radical (unpaired) electrons. The second-order valence-electron chi connectivity index (χ2n) is 5.04. The quantitative estimate of drug-likeness (QED) is 0.851. The Morgan fingerprint density at radius 2 is 2.26 bits per heavy atom. The third-order valence-electron chi connectivity index (χ3n) is 3.26. The van der Waals surface area contributed by atoms with Crippen LogP contribution in [-0.2, 0) is 11.3 Å². The maximum absolute atomic E-state index is 13.1. The van der Waals surface area contributed by atoms with Crippen molar-refractivity contribution < 1.29 is 14.3 Å². The van der Waals surface area contributed by atoms with Gasteiger partial charge in [-0.15, -0.1) is 0 Å². The Bertz CT molecular complexity index is 445. The summed E-state index contributed by atoms with van der Waals surface area (Å²) in [5.74, 6) is -0.310. The predicted octanol–water partition coefficient (Wildman–Crippen LogP) is 1.63. The van der Waals surface area contributed by atoms with Gasteiger partial charge >= 0.3 is 0 Å². The fourth-order valence-electron chi connectivity index (χ4n) is 2.32. The van der Waals surface area contributed by atoms with Crippen LogP contribution in [0, 0.1) is 5.82 Å². The summed E-state index contributed by atoms with van der Waals surface area (Å²) in [5, 5.41) is 12.5. The molecule has 0 bridgehead atoms. The van der Waals surface area contributed by atoms with E-state index in [2.05, 4.69) is 5.32 Å². The smallest absolute Gasteiger partial charge is 0.222 e. The molecular weight excluding hydrogens is 247 g/mol. The number of hydrogen-bond donors (Lipinski definition) is 2. The maximum Gasteiger partial charge on any atom is 0.222 e. The minimum Gasteiger partial charge on any atom is -0.508 e. The van der Waals surface area contributed by atoms with Crippen molar-refractivity contribution in [2.75, 3.05) is 13.1 Å². The summed E-state index contributed by atoms with van der Waals surface area (Å²) in [6.07, 6.45) is 1.58. The number of phenolic OH excluding ortho intramolecular Hbond substituents is 1. The number of rotatable bonds is 5. The van der Waals surface area contributed by atoms with Crippen molar-refractivity contribution >= 4 is 5.91 Å². The van der Waals surface area contributed by atoms with Gasteiger partial charge in [-0.3, -0.25) is 4.79 Å². The van der Waals surface area contributed by atoms with E-state index in [1.54, 1.807) is 0 Å². The van der Waals surface area contributed by atoms with Crippen LogP contribution in [0.5, 0.6) is 5.75 Å². The van der Waals surface area contributed by atoms with E-state index in [1.807, 2.05) is 11.8 Å². The molecule has 0 aliphatic carbocycles. The van der Waals surface area contributed by atoms with Gasteiger partial charge in [0.1, 0.15) is 11.6 Å². The molecule has 2 N–H and O–H groups in total. The summed E-state index contributed by atoms with van der Waals surface area (Å²) in [6.45, 7) is 3.95. The molecule has 5 heteroatoms. The molecule has 1 heterocycles. The van der Waals surface area contributed by atoms with Crippen LogP contribution in [0.2, 0.25) is 0 Å². The second kappa shape index (κ2) is 6.02. The van der Waals surface area contributed by atoms with Gasteiger partial charge in [-0.05, 0) is 31.0 Å². The van der Waals surface area contributed by atoms with E-state index in [9.17, 15) is 14.3 Å². The average Bonchev–Trinajstić information content (AvgIpc) is 2.71. The molecule has 1 aliphatic rings. The van der Waals surface area contributed by atoms with Crippen LogP contribution in [0.25, 0.3) is 0 Å². The zero-order valence-electron chi connectivity index (χ0n) is 11.0. The summed E-state index contributed by atoms with van der Waals surface area (Å²) in [7, 11) is 0. The number of hydrogen-bond acceptors (Lipinski definition) is 3. The van der Waals surface area contributed by atoms with Crippen molar-refractivity contribution in [2.45, 2.75) is 32.4 Å². The van der Waals surface area contributed by atoms with Crippen LogP contribution >= 0.6 is 0 Å². The molecule has 1 unspecified atom stereocenters. The number of nitrogens with one attached hydrogen (secondary N) is 1. The number of amides is 1. The lowest BCUT2D eigenvalue weighted by molar-refractivity contribution is -0.127. The number of carbonyl (C=O) groups is 1. The SMILES string of the molecule is CC(CN1CCCC1=O)NCc1cc(O)cc(F)c1. The molecule has 1 aliphatic heterocycles. The molecule has 104 valence electrons. The molecule has 1 amide bonds. The minimum atomic E-state index is -0.445. The molecule has 0 aromatic heterocycles. The van der Waals surface area contributed by atoms with Crippen molar-refractivity contribution in [3.05, 3.63) is 29.6 Å². The highest BCUT2D eigenvalue weighted by Gasteiger charge is 2.21. The summed E-state index contributed by atoms with van der Waals surface area (Å²) in [6, 6.07) is 4.13. The second-order valence-corrected chi connectivity index (χ2v) is 5.04. The lowest BCUT2D eigenvalue weighted by Gasteiger charge is -2.21. The Morgan fingerprint density at radius 3 is 2.89 bits per heavy atom. The normalized spacial score (nSPS) is 16.9. The van der Waals surface area contributed by atoms with E-state index in [1.165, 1.54) is 12.1 Å². The monoisotopic (exact) mass is 266 g/mol. The molecule has 1 aromatic rings. The number of likely N-dealkylation sites (tertiary alicyclic amines) is 1. The largest absolute Gasteiger partial charge is 0.508 e. The first-order valence-electron chi connectivity index (χ1n) is 6.54. The number of phenols is 1. The Balaban J connectivity index is 1.82. The van der Waals surface area contributed by atoms with Gasteiger partial charge in [0.15, 0.2) is 0 Å². The van der Waals surface area contributed by atoms with E-state index >= 15 is 0 Å². The van der Waals surface area contributed by atoms with Crippen LogP contribution in [-0.4, -0.2) is 35.0 Å². The number of halogens is 1. The number of nitrogens with zero attached hydrogens (tertiary/aromatic N) is 1. The van der Waals surface area contributed by atoms with Crippen molar-refractivity contribution in [3.8, 4) is 5.75 Å². The predicted molar refractivity (Wildman–Crippen MR) is 70.2 cm³/mol. The average molecular weight is 266 g/mol. The van der Waals surface area contributed by atoms with Crippen molar-refractivity contribution in [2.24, 2.45) is 0 Å². The van der Waals surface area contributed by atoms with Crippen LogP contribution in [0.4, 0.5) is 4.39 Å². The first-order chi connectivity index (χ1) is 9.04. The Labute approximate surface area is 112 Å². The highest BCUT2D eigenvalue weighted by molar-refractivity contribution is 5.78. The lowest BCUT2D eigenvalue weighted by Crippen LogP contribution is -2.39. The molecule has 1 saturated heterocycles. The first-order valence-corrected chi connectivity index (χ1v) is 6.54. The third kappa shape index (κ3) is 3.92. The molecule has 2 rings (SSSR count). The molecule has 1 fully saturated rings. The lowest BCUT2D eigenvalue weighted by atomic mass is 10.2. The maximum atomic E-state index is 13.1. The Morgan fingerprint density at radius 1 is 1.47 bits per heavy atom. The van der Waals surface area contributed by atoms with E-state index in [0.29, 0.717) is 25.1 Å². The minimum absolute atomic E-state index is 0.0702. The molecular formula is C14H19FN2O2. The number of benzene rings is 1. The van der Waals surface area contributed by atoms with Crippen molar-refractivity contribution in [1.82, 2.24) is 10.2 Å². The van der Waals surface area contributed by atoms with E-state index in [-0.39, 0.29) is 17.7 Å². The molecule has 0 spiro atoms. The molecule has 1 atom stereocenters. The van der Waals surface area contributed by atoms with Gasteiger partial charge in [-0.2, -0.15) is 0 Å². The number of carbonyl (C=O) groups excluding carboxylic acids is 1. The highest BCUT2D eigenvalue weighted by atomic mass is 19.1. The first kappa shape index (κ1) is 13.8. The third-order valence-corrected chi connectivity index (χ3v) is 3.26. The van der Waals surface area contributed by atoms with E-state index in [0.717, 1.165) is 19.0 Å². The number of aromatic hydroxyl groups is 1. The topological polar surface area (TPSA) is 52.6 Å². The molecule has 4 nitrogen and oxygen atoms in total. The highest BCUT2D eigenvalue weighted by Crippen LogP contribution is 2.15. The van der Waals surface area contributed by atoms with Crippen LogP contribution in [0.1, 0.15) is 25.3 Å². The van der Waals surface area contributed by atoms with Gasteiger partial charge in [0.05, 0.1) is 0 Å². The van der Waals surface area contributed by atoms with Crippen molar-refractivity contribution in [1.29, 1.82) is 0 Å². The molecule has 1 aromatic carbocycles. The fourth-order valence-corrected chi connectivity index (χ4v) is 2.32. The van der Waals surface area contributed by atoms with Gasteiger partial charge in [0.2, 0.25) is 5.91 Å². The van der Waals surface area contributed by atoms with Crippen LogP contribution in [0.15, 0.2) is 18.2 Å². The van der Waals surface area contributed by atoms with E-state index < -0.39 is 5.82 Å².